The monoisotopic (exact) mass is 189 g/mol. The maximum absolute atomic E-state index is 9.68. The highest BCUT2D eigenvalue weighted by molar-refractivity contribution is 4.78. The molecule has 0 fully saturated rings. The van der Waals surface area contributed by atoms with Crippen LogP contribution in [0.3, 0.4) is 0 Å². The van der Waals surface area contributed by atoms with E-state index in [-0.39, 0.29) is 5.54 Å². The average molecular weight is 189 g/mol. The van der Waals surface area contributed by atoms with Crippen molar-refractivity contribution in [3.8, 4) is 0 Å². The molecule has 0 saturated heterocycles. The smallest absolute Gasteiger partial charge is 0.216 e. The number of aliphatic hydroxyl groups excluding tert-OH is 1. The van der Waals surface area contributed by atoms with Crippen LogP contribution in [0.1, 0.15) is 41.0 Å². The van der Waals surface area contributed by atoms with Crippen molar-refractivity contribution in [3.05, 3.63) is 0 Å². The highest BCUT2D eigenvalue weighted by atomic mass is 16.6. The molecule has 3 nitrogen and oxygen atoms in total. The summed E-state index contributed by atoms with van der Waals surface area (Å²) in [7, 11) is 0. The van der Waals surface area contributed by atoms with Crippen LogP contribution in [0.2, 0.25) is 0 Å². The zero-order valence-corrected chi connectivity index (χ0v) is 9.50. The lowest BCUT2D eigenvalue weighted by Crippen LogP contribution is -2.50. The van der Waals surface area contributed by atoms with Gasteiger partial charge in [0.05, 0.1) is 0 Å². The fourth-order valence-electron chi connectivity index (χ4n) is 1.33. The van der Waals surface area contributed by atoms with E-state index in [2.05, 4.69) is 20.8 Å². The standard InChI is InChI=1S/C10H23NO2/c1-6-10(4,5)11(7-2)9(12)13-8-3/h9,12H,6-8H2,1-5H3. The summed E-state index contributed by atoms with van der Waals surface area (Å²) in [5.41, 5.74) is -0.0106. The summed E-state index contributed by atoms with van der Waals surface area (Å²) >= 11 is 0. The lowest BCUT2D eigenvalue weighted by molar-refractivity contribution is -0.216. The van der Waals surface area contributed by atoms with Gasteiger partial charge in [0.1, 0.15) is 0 Å². The Morgan fingerprint density at radius 2 is 1.85 bits per heavy atom. The summed E-state index contributed by atoms with van der Waals surface area (Å²) in [4.78, 5) is 1.95. The molecule has 13 heavy (non-hydrogen) atoms. The fourth-order valence-corrected chi connectivity index (χ4v) is 1.33. The van der Waals surface area contributed by atoms with Crippen LogP contribution in [0, 0.1) is 0 Å². The first-order valence-electron chi connectivity index (χ1n) is 5.06. The van der Waals surface area contributed by atoms with E-state index in [1.54, 1.807) is 0 Å². The maximum atomic E-state index is 9.68. The predicted molar refractivity (Wildman–Crippen MR) is 54.4 cm³/mol. The number of rotatable bonds is 6. The topological polar surface area (TPSA) is 32.7 Å². The Morgan fingerprint density at radius 1 is 1.31 bits per heavy atom. The quantitative estimate of drug-likeness (QED) is 0.647. The minimum atomic E-state index is -0.773. The van der Waals surface area contributed by atoms with Crippen molar-refractivity contribution < 1.29 is 9.84 Å². The normalized spacial score (nSPS) is 15.0. The van der Waals surface area contributed by atoms with Crippen LogP contribution in [0.25, 0.3) is 0 Å². The minimum absolute atomic E-state index is 0.0106. The third kappa shape index (κ3) is 3.63. The summed E-state index contributed by atoms with van der Waals surface area (Å²) in [6.45, 7) is 11.6. The van der Waals surface area contributed by atoms with Crippen LogP contribution in [0.15, 0.2) is 0 Å². The molecule has 1 N–H and O–H groups in total. The van der Waals surface area contributed by atoms with Crippen LogP contribution in [0.5, 0.6) is 0 Å². The molecule has 0 radical (unpaired) electrons. The SMILES string of the molecule is CCOC(O)N(CC)C(C)(C)CC. The second-order valence-electron chi connectivity index (χ2n) is 3.73. The van der Waals surface area contributed by atoms with Gasteiger partial charge in [0, 0.05) is 18.7 Å². The number of ether oxygens (including phenoxy) is 1. The molecule has 0 rings (SSSR count). The lowest BCUT2D eigenvalue weighted by Gasteiger charge is -2.39. The molecule has 1 atom stereocenters. The lowest BCUT2D eigenvalue weighted by atomic mass is 10.00. The van der Waals surface area contributed by atoms with Gasteiger partial charge in [-0.3, -0.25) is 4.90 Å². The molecule has 0 aromatic heterocycles. The van der Waals surface area contributed by atoms with E-state index in [0.717, 1.165) is 13.0 Å². The Balaban J connectivity index is 4.31. The van der Waals surface area contributed by atoms with Crippen LogP contribution >= 0.6 is 0 Å². The van der Waals surface area contributed by atoms with E-state index < -0.39 is 6.41 Å². The molecule has 80 valence electrons. The predicted octanol–water partition coefficient (Wildman–Crippen LogP) is 1.81. The Kier molecular flexibility index (Phi) is 5.53. The van der Waals surface area contributed by atoms with Gasteiger partial charge >= 0.3 is 0 Å². The minimum Gasteiger partial charge on any atom is -0.356 e. The van der Waals surface area contributed by atoms with E-state index in [1.165, 1.54) is 0 Å². The molecular formula is C10H23NO2. The summed E-state index contributed by atoms with van der Waals surface area (Å²) in [5, 5.41) is 9.68. The molecule has 0 heterocycles. The van der Waals surface area contributed by atoms with Crippen LogP contribution < -0.4 is 0 Å². The number of aliphatic hydroxyl groups is 1. The Morgan fingerprint density at radius 3 is 2.15 bits per heavy atom. The summed E-state index contributed by atoms with van der Waals surface area (Å²) in [5.74, 6) is 0. The largest absolute Gasteiger partial charge is 0.356 e. The highest BCUT2D eigenvalue weighted by Crippen LogP contribution is 2.20. The first-order chi connectivity index (χ1) is 5.99. The molecule has 0 spiro atoms. The first kappa shape index (κ1) is 12.9. The Labute approximate surface area is 81.7 Å². The van der Waals surface area contributed by atoms with Crippen molar-refractivity contribution in [1.29, 1.82) is 0 Å². The third-order valence-electron chi connectivity index (χ3n) is 2.57. The number of nitrogens with zero attached hydrogens (tertiary/aromatic N) is 1. The molecular weight excluding hydrogens is 166 g/mol. The molecule has 0 aliphatic carbocycles. The van der Waals surface area contributed by atoms with Gasteiger partial charge in [-0.2, -0.15) is 0 Å². The van der Waals surface area contributed by atoms with Gasteiger partial charge in [-0.1, -0.05) is 13.8 Å². The van der Waals surface area contributed by atoms with Crippen LogP contribution in [-0.4, -0.2) is 35.1 Å². The van der Waals surface area contributed by atoms with Gasteiger partial charge < -0.3 is 9.84 Å². The molecule has 3 heteroatoms. The van der Waals surface area contributed by atoms with E-state index in [4.69, 9.17) is 4.74 Å². The van der Waals surface area contributed by atoms with Crippen molar-refractivity contribution in [1.82, 2.24) is 4.90 Å². The van der Waals surface area contributed by atoms with Crippen molar-refractivity contribution in [2.24, 2.45) is 0 Å². The summed E-state index contributed by atoms with van der Waals surface area (Å²) in [6.07, 6.45) is 0.218. The number of hydrogen-bond acceptors (Lipinski definition) is 3. The molecule has 0 aliphatic rings. The van der Waals surface area contributed by atoms with Crippen molar-refractivity contribution in [3.63, 3.8) is 0 Å². The van der Waals surface area contributed by atoms with Gasteiger partial charge in [-0.05, 0) is 27.2 Å². The molecule has 0 bridgehead atoms. The van der Waals surface area contributed by atoms with Gasteiger partial charge in [0.15, 0.2) is 0 Å². The first-order valence-corrected chi connectivity index (χ1v) is 5.06. The third-order valence-corrected chi connectivity index (χ3v) is 2.57. The molecule has 0 aliphatic heterocycles. The van der Waals surface area contributed by atoms with Gasteiger partial charge in [-0.25, -0.2) is 0 Å². The number of hydrogen-bond donors (Lipinski definition) is 1. The molecule has 1 unspecified atom stereocenters. The summed E-state index contributed by atoms with van der Waals surface area (Å²) < 4.78 is 5.16. The second-order valence-corrected chi connectivity index (χ2v) is 3.73. The van der Waals surface area contributed by atoms with Crippen LogP contribution in [-0.2, 0) is 4.74 Å². The van der Waals surface area contributed by atoms with Gasteiger partial charge in [0.2, 0.25) is 6.41 Å². The van der Waals surface area contributed by atoms with Crippen LogP contribution in [0.4, 0.5) is 0 Å². The van der Waals surface area contributed by atoms with E-state index >= 15 is 0 Å². The average Bonchev–Trinajstić information content (AvgIpc) is 2.05. The molecule has 0 amide bonds. The molecule has 0 aromatic carbocycles. The zero-order valence-electron chi connectivity index (χ0n) is 9.50. The van der Waals surface area contributed by atoms with Crippen molar-refractivity contribution >= 4 is 0 Å². The van der Waals surface area contributed by atoms with E-state index in [9.17, 15) is 5.11 Å². The second kappa shape index (κ2) is 5.58. The van der Waals surface area contributed by atoms with Crippen molar-refractivity contribution in [2.75, 3.05) is 13.2 Å². The molecule has 0 aromatic rings. The summed E-state index contributed by atoms with van der Waals surface area (Å²) in [6, 6.07) is 0. The molecule has 0 saturated carbocycles. The van der Waals surface area contributed by atoms with E-state index in [1.807, 2.05) is 18.7 Å². The van der Waals surface area contributed by atoms with Gasteiger partial charge in [0.25, 0.3) is 0 Å². The van der Waals surface area contributed by atoms with Gasteiger partial charge in [-0.15, -0.1) is 0 Å². The zero-order chi connectivity index (χ0) is 10.5. The van der Waals surface area contributed by atoms with E-state index in [0.29, 0.717) is 6.61 Å². The Bertz CT molecular complexity index is 137. The maximum Gasteiger partial charge on any atom is 0.216 e. The van der Waals surface area contributed by atoms with Crippen molar-refractivity contribution in [2.45, 2.75) is 53.0 Å². The highest BCUT2D eigenvalue weighted by Gasteiger charge is 2.28. The fraction of sp³-hybridized carbons (Fsp3) is 1.00. The Hall–Kier alpha value is -0.120.